The van der Waals surface area contributed by atoms with Gasteiger partial charge in [-0.3, -0.25) is 4.79 Å². The van der Waals surface area contributed by atoms with Crippen molar-refractivity contribution < 1.29 is 14.3 Å². The van der Waals surface area contributed by atoms with Crippen molar-refractivity contribution in [1.82, 2.24) is 9.47 Å². The summed E-state index contributed by atoms with van der Waals surface area (Å²) in [5.41, 5.74) is 1.74. The van der Waals surface area contributed by atoms with Crippen LogP contribution in [0.4, 0.5) is 0 Å². The molecular weight excluding hydrogens is 304 g/mol. The SMILES string of the molecule is CC1(C)OCC2(CO1)CN(C(=O)c1ccc(-n3cccc3)cc1)C2. The molecule has 1 amide bonds. The molecule has 24 heavy (non-hydrogen) atoms. The van der Waals surface area contributed by atoms with Crippen LogP contribution in [0.15, 0.2) is 48.8 Å². The van der Waals surface area contributed by atoms with Crippen LogP contribution in [0.1, 0.15) is 24.2 Å². The second-order valence-corrected chi connectivity index (χ2v) is 7.28. The quantitative estimate of drug-likeness (QED) is 0.852. The molecule has 2 fully saturated rings. The summed E-state index contributed by atoms with van der Waals surface area (Å²) in [6.45, 7) is 6.54. The third-order valence-corrected chi connectivity index (χ3v) is 4.81. The van der Waals surface area contributed by atoms with Gasteiger partial charge in [0.25, 0.3) is 5.91 Å². The number of rotatable bonds is 2. The van der Waals surface area contributed by atoms with Gasteiger partial charge in [-0.15, -0.1) is 0 Å². The van der Waals surface area contributed by atoms with Crippen LogP contribution in [0, 0.1) is 5.41 Å². The first kappa shape index (κ1) is 15.4. The Morgan fingerprint density at radius 1 is 1.00 bits per heavy atom. The molecule has 0 N–H and O–H groups in total. The van der Waals surface area contributed by atoms with E-state index in [9.17, 15) is 4.79 Å². The van der Waals surface area contributed by atoms with Crippen molar-refractivity contribution in [2.75, 3.05) is 26.3 Å². The molecule has 5 nitrogen and oxygen atoms in total. The molecule has 126 valence electrons. The lowest BCUT2D eigenvalue weighted by Gasteiger charge is -2.54. The number of likely N-dealkylation sites (tertiary alicyclic amines) is 1. The summed E-state index contributed by atoms with van der Waals surface area (Å²) in [5.74, 6) is -0.436. The molecule has 0 unspecified atom stereocenters. The molecule has 2 aliphatic rings. The van der Waals surface area contributed by atoms with Crippen LogP contribution in [0.3, 0.4) is 0 Å². The predicted octanol–water partition coefficient (Wildman–Crippen LogP) is 2.70. The Morgan fingerprint density at radius 2 is 1.58 bits per heavy atom. The van der Waals surface area contributed by atoms with E-state index < -0.39 is 5.79 Å². The summed E-state index contributed by atoms with van der Waals surface area (Å²) < 4.78 is 13.5. The maximum Gasteiger partial charge on any atom is 0.253 e. The van der Waals surface area contributed by atoms with Gasteiger partial charge in [-0.1, -0.05) is 0 Å². The first-order valence-electron chi connectivity index (χ1n) is 8.27. The minimum Gasteiger partial charge on any atom is -0.350 e. The van der Waals surface area contributed by atoms with E-state index in [-0.39, 0.29) is 11.3 Å². The zero-order chi connectivity index (χ0) is 16.8. The summed E-state index contributed by atoms with van der Waals surface area (Å²) in [6, 6.07) is 11.7. The molecule has 0 radical (unpaired) electrons. The van der Waals surface area contributed by atoms with E-state index in [0.717, 1.165) is 11.3 Å². The number of aromatic nitrogens is 1. The maximum atomic E-state index is 12.6. The number of carbonyl (C=O) groups is 1. The van der Waals surface area contributed by atoms with Crippen LogP contribution in [-0.2, 0) is 9.47 Å². The molecular formula is C19H22N2O3. The molecule has 0 saturated carbocycles. The molecule has 0 bridgehead atoms. The summed E-state index contributed by atoms with van der Waals surface area (Å²) in [7, 11) is 0. The largest absolute Gasteiger partial charge is 0.350 e. The highest BCUT2D eigenvalue weighted by molar-refractivity contribution is 5.95. The molecule has 1 aromatic carbocycles. The van der Waals surface area contributed by atoms with Crippen LogP contribution in [0.5, 0.6) is 0 Å². The number of hydrogen-bond donors (Lipinski definition) is 0. The van der Waals surface area contributed by atoms with Crippen molar-refractivity contribution in [2.45, 2.75) is 19.6 Å². The highest BCUT2D eigenvalue weighted by Gasteiger charge is 2.50. The van der Waals surface area contributed by atoms with Gasteiger partial charge in [0.05, 0.1) is 18.6 Å². The fraction of sp³-hybridized carbons (Fsp3) is 0.421. The summed E-state index contributed by atoms with van der Waals surface area (Å²) >= 11 is 0. The second-order valence-electron chi connectivity index (χ2n) is 7.28. The lowest BCUT2D eigenvalue weighted by atomic mass is 9.80. The number of carbonyl (C=O) groups excluding carboxylic acids is 1. The molecule has 0 atom stereocenters. The molecule has 2 aromatic rings. The molecule has 2 aliphatic heterocycles. The monoisotopic (exact) mass is 326 g/mol. The van der Waals surface area contributed by atoms with E-state index >= 15 is 0 Å². The molecule has 4 rings (SSSR count). The van der Waals surface area contributed by atoms with Gasteiger partial charge in [-0.05, 0) is 50.2 Å². The van der Waals surface area contributed by atoms with Crippen molar-refractivity contribution in [1.29, 1.82) is 0 Å². The molecule has 3 heterocycles. The average Bonchev–Trinajstić information content (AvgIpc) is 3.07. The van der Waals surface area contributed by atoms with Gasteiger partial charge in [0.1, 0.15) is 0 Å². The van der Waals surface area contributed by atoms with Gasteiger partial charge in [-0.25, -0.2) is 0 Å². The minimum absolute atomic E-state index is 0.0315. The lowest BCUT2D eigenvalue weighted by Crippen LogP contribution is -2.65. The van der Waals surface area contributed by atoms with Gasteiger partial charge in [0.15, 0.2) is 5.79 Å². The van der Waals surface area contributed by atoms with Crippen LogP contribution >= 0.6 is 0 Å². The fourth-order valence-corrected chi connectivity index (χ4v) is 3.29. The molecule has 2 saturated heterocycles. The Kier molecular flexibility index (Phi) is 3.51. The van der Waals surface area contributed by atoms with Crippen molar-refractivity contribution in [3.63, 3.8) is 0 Å². The Labute approximate surface area is 141 Å². The van der Waals surface area contributed by atoms with E-state index in [2.05, 4.69) is 0 Å². The van der Waals surface area contributed by atoms with Gasteiger partial charge in [-0.2, -0.15) is 0 Å². The Hall–Kier alpha value is -2.11. The van der Waals surface area contributed by atoms with E-state index in [0.29, 0.717) is 26.3 Å². The summed E-state index contributed by atoms with van der Waals surface area (Å²) in [5, 5.41) is 0. The van der Waals surface area contributed by atoms with Crippen molar-refractivity contribution in [2.24, 2.45) is 5.41 Å². The first-order chi connectivity index (χ1) is 11.5. The van der Waals surface area contributed by atoms with E-state index in [1.165, 1.54) is 0 Å². The van der Waals surface area contributed by atoms with Crippen molar-refractivity contribution in [3.05, 3.63) is 54.4 Å². The molecule has 0 aliphatic carbocycles. The topological polar surface area (TPSA) is 43.7 Å². The number of amides is 1. The van der Waals surface area contributed by atoms with Crippen molar-refractivity contribution >= 4 is 5.91 Å². The summed E-state index contributed by atoms with van der Waals surface area (Å²) in [6.07, 6.45) is 3.97. The second kappa shape index (κ2) is 5.46. The fourth-order valence-electron chi connectivity index (χ4n) is 3.29. The number of hydrogen-bond acceptors (Lipinski definition) is 3. The first-order valence-corrected chi connectivity index (χ1v) is 8.27. The van der Waals surface area contributed by atoms with Gasteiger partial charge < -0.3 is 18.9 Å². The van der Waals surface area contributed by atoms with E-state index in [1.807, 2.05) is 72.1 Å². The Morgan fingerprint density at radius 3 is 2.17 bits per heavy atom. The van der Waals surface area contributed by atoms with Gasteiger partial charge in [0, 0.05) is 36.7 Å². The average molecular weight is 326 g/mol. The number of nitrogens with zero attached hydrogens (tertiary/aromatic N) is 2. The zero-order valence-corrected chi connectivity index (χ0v) is 14.1. The highest BCUT2D eigenvalue weighted by Crippen LogP contribution is 2.38. The van der Waals surface area contributed by atoms with Gasteiger partial charge in [0.2, 0.25) is 0 Å². The molecule has 5 heteroatoms. The third kappa shape index (κ3) is 2.74. The van der Waals surface area contributed by atoms with Crippen LogP contribution in [-0.4, -0.2) is 47.5 Å². The number of ether oxygens (including phenoxy) is 2. The third-order valence-electron chi connectivity index (χ3n) is 4.81. The minimum atomic E-state index is -0.510. The predicted molar refractivity (Wildman–Crippen MR) is 90.1 cm³/mol. The van der Waals surface area contributed by atoms with Crippen LogP contribution in [0.2, 0.25) is 0 Å². The lowest BCUT2D eigenvalue weighted by molar-refractivity contribution is -0.301. The van der Waals surface area contributed by atoms with Crippen LogP contribution < -0.4 is 0 Å². The van der Waals surface area contributed by atoms with Gasteiger partial charge >= 0.3 is 0 Å². The highest BCUT2D eigenvalue weighted by atomic mass is 16.7. The zero-order valence-electron chi connectivity index (χ0n) is 14.1. The summed E-state index contributed by atoms with van der Waals surface area (Å²) in [4.78, 5) is 14.5. The molecule has 1 spiro atoms. The van der Waals surface area contributed by atoms with Crippen LogP contribution in [0.25, 0.3) is 5.69 Å². The van der Waals surface area contributed by atoms with E-state index in [1.54, 1.807) is 0 Å². The maximum absolute atomic E-state index is 12.6. The van der Waals surface area contributed by atoms with Crippen molar-refractivity contribution in [3.8, 4) is 5.69 Å². The molecule has 1 aromatic heterocycles. The Bertz CT molecular complexity index is 716. The number of benzene rings is 1. The van der Waals surface area contributed by atoms with E-state index in [4.69, 9.17) is 9.47 Å². The Balaban J connectivity index is 1.39. The normalized spacial score (nSPS) is 21.5. The smallest absolute Gasteiger partial charge is 0.253 e. The standard InChI is InChI=1S/C19H22N2O3/c1-18(2)23-13-19(14-24-18)11-21(12-19)17(22)15-5-7-16(8-6-15)20-9-3-4-10-20/h3-10H,11-14H2,1-2H3.